The lowest BCUT2D eigenvalue weighted by Gasteiger charge is -2.19. The quantitative estimate of drug-likeness (QED) is 0.295. The van der Waals surface area contributed by atoms with Gasteiger partial charge >= 0.3 is 0 Å². The van der Waals surface area contributed by atoms with Crippen LogP contribution in [0.25, 0.3) is 38.5 Å². The fraction of sp³-hybridized carbons (Fsp3) is 0.194. The number of nitrogens with zero attached hydrogens (tertiary/aromatic N) is 3. The average molecular weight is 459 g/mol. The lowest BCUT2D eigenvalue weighted by molar-refractivity contribution is 0.590. The molecule has 0 amide bonds. The number of fused-ring (bicyclic) bond motifs is 4. The molecule has 0 aliphatic carbocycles. The van der Waals surface area contributed by atoms with E-state index in [1.165, 1.54) is 38.6 Å². The topological polar surface area (TPSA) is 34.8 Å². The zero-order chi connectivity index (χ0) is 24.2. The normalized spacial score (nSPS) is 12.1. The van der Waals surface area contributed by atoms with Crippen LogP contribution < -0.4 is 5.32 Å². The molecule has 0 aliphatic heterocycles. The van der Waals surface area contributed by atoms with Crippen molar-refractivity contribution in [1.82, 2.24) is 14.1 Å². The molecular weight excluding hydrogens is 428 g/mol. The molecule has 0 radical (unpaired) electrons. The maximum absolute atomic E-state index is 4.76. The summed E-state index contributed by atoms with van der Waals surface area (Å²) in [4.78, 5) is 4.76. The van der Waals surface area contributed by atoms with E-state index in [-0.39, 0.29) is 5.41 Å². The van der Waals surface area contributed by atoms with E-state index in [2.05, 4.69) is 121 Å². The molecule has 6 aromatic rings. The van der Waals surface area contributed by atoms with E-state index in [9.17, 15) is 0 Å². The van der Waals surface area contributed by atoms with Gasteiger partial charge < -0.3 is 14.5 Å². The maximum atomic E-state index is 4.76. The Morgan fingerprint density at radius 1 is 0.743 bits per heavy atom. The third-order valence-electron chi connectivity index (χ3n) is 6.97. The van der Waals surface area contributed by atoms with E-state index in [4.69, 9.17) is 4.98 Å². The van der Waals surface area contributed by atoms with Crippen molar-refractivity contribution in [3.63, 3.8) is 0 Å². The second-order valence-electron chi connectivity index (χ2n) is 10.3. The molecule has 6 rings (SSSR count). The summed E-state index contributed by atoms with van der Waals surface area (Å²) in [6, 6.07) is 32.7. The third-order valence-corrected chi connectivity index (χ3v) is 6.97. The highest BCUT2D eigenvalue weighted by atomic mass is 15.2. The summed E-state index contributed by atoms with van der Waals surface area (Å²) in [5.41, 5.74) is 8.50. The Bertz CT molecular complexity index is 1680. The lowest BCUT2D eigenvalue weighted by atomic mass is 9.87. The van der Waals surface area contributed by atoms with Crippen LogP contribution in [0.4, 0.5) is 5.95 Å². The van der Waals surface area contributed by atoms with Crippen molar-refractivity contribution >= 4 is 38.8 Å². The smallest absolute Gasteiger partial charge is 0.203 e. The van der Waals surface area contributed by atoms with Gasteiger partial charge in [-0.2, -0.15) is 0 Å². The van der Waals surface area contributed by atoms with Crippen LogP contribution in [0.5, 0.6) is 0 Å². The summed E-state index contributed by atoms with van der Waals surface area (Å²) in [6.45, 7) is 7.48. The first-order chi connectivity index (χ1) is 16.9. The number of imidazole rings is 1. The van der Waals surface area contributed by atoms with Crippen molar-refractivity contribution in [2.75, 3.05) is 5.32 Å². The summed E-state index contributed by atoms with van der Waals surface area (Å²) in [5.74, 6) is 0.882. The van der Waals surface area contributed by atoms with Crippen molar-refractivity contribution in [1.29, 1.82) is 0 Å². The van der Waals surface area contributed by atoms with Gasteiger partial charge in [0.05, 0.1) is 22.1 Å². The molecule has 174 valence electrons. The first-order valence-electron chi connectivity index (χ1n) is 12.2. The van der Waals surface area contributed by atoms with Crippen LogP contribution >= 0.6 is 0 Å². The Morgan fingerprint density at radius 2 is 1.43 bits per heavy atom. The molecule has 35 heavy (non-hydrogen) atoms. The SMILES string of the molecule is Cn1c(NCc2ccc3c(c2)c2ccccc2n3-c2ccc(C(C)(C)C)cc2)nc2ccccc21. The largest absolute Gasteiger partial charge is 0.352 e. The van der Waals surface area contributed by atoms with Gasteiger partial charge in [0.1, 0.15) is 0 Å². The molecule has 4 aromatic carbocycles. The van der Waals surface area contributed by atoms with Crippen LogP contribution in [-0.4, -0.2) is 14.1 Å². The highest BCUT2D eigenvalue weighted by molar-refractivity contribution is 6.09. The highest BCUT2D eigenvalue weighted by Crippen LogP contribution is 2.33. The van der Waals surface area contributed by atoms with Crippen molar-refractivity contribution in [2.45, 2.75) is 32.7 Å². The van der Waals surface area contributed by atoms with E-state index in [1.807, 2.05) is 12.1 Å². The van der Waals surface area contributed by atoms with Gasteiger partial charge in [0.25, 0.3) is 0 Å². The van der Waals surface area contributed by atoms with Gasteiger partial charge in [-0.25, -0.2) is 4.98 Å². The van der Waals surface area contributed by atoms with Crippen LogP contribution in [0.15, 0.2) is 91.0 Å². The molecule has 0 saturated heterocycles. The number of anilines is 1. The molecule has 2 heterocycles. The zero-order valence-corrected chi connectivity index (χ0v) is 20.7. The van der Waals surface area contributed by atoms with Crippen LogP contribution in [0.3, 0.4) is 0 Å². The summed E-state index contributed by atoms with van der Waals surface area (Å²) in [5, 5.41) is 6.07. The van der Waals surface area contributed by atoms with E-state index in [0.717, 1.165) is 17.0 Å². The van der Waals surface area contributed by atoms with Crippen molar-refractivity contribution < 1.29 is 0 Å². The van der Waals surface area contributed by atoms with E-state index < -0.39 is 0 Å². The molecular formula is C31H30N4. The molecule has 0 aliphatic rings. The van der Waals surface area contributed by atoms with Crippen molar-refractivity contribution in [3.05, 3.63) is 102 Å². The molecule has 4 heteroatoms. The van der Waals surface area contributed by atoms with Crippen molar-refractivity contribution in [2.24, 2.45) is 7.05 Å². The number of nitrogens with one attached hydrogen (secondary N) is 1. The molecule has 0 saturated carbocycles. The summed E-state index contributed by atoms with van der Waals surface area (Å²) in [6.07, 6.45) is 0. The predicted octanol–water partition coefficient (Wildman–Crippen LogP) is 7.58. The number of aromatic nitrogens is 3. The van der Waals surface area contributed by atoms with Crippen LogP contribution in [0.2, 0.25) is 0 Å². The first-order valence-corrected chi connectivity index (χ1v) is 12.2. The fourth-order valence-electron chi connectivity index (χ4n) is 5.00. The Hall–Kier alpha value is -4.05. The van der Waals surface area contributed by atoms with Gasteiger partial charge in [0, 0.05) is 30.1 Å². The van der Waals surface area contributed by atoms with Crippen LogP contribution in [-0.2, 0) is 19.0 Å². The Labute approximate surface area is 205 Å². The van der Waals surface area contributed by atoms with Crippen LogP contribution in [0, 0.1) is 0 Å². The minimum atomic E-state index is 0.139. The molecule has 0 unspecified atom stereocenters. The molecule has 4 nitrogen and oxygen atoms in total. The van der Waals surface area contributed by atoms with Crippen molar-refractivity contribution in [3.8, 4) is 5.69 Å². The molecule has 1 N–H and O–H groups in total. The van der Waals surface area contributed by atoms with E-state index in [1.54, 1.807) is 0 Å². The Kier molecular flexibility index (Phi) is 4.92. The summed E-state index contributed by atoms with van der Waals surface area (Å²) in [7, 11) is 2.05. The highest BCUT2D eigenvalue weighted by Gasteiger charge is 2.16. The van der Waals surface area contributed by atoms with Crippen LogP contribution in [0.1, 0.15) is 31.9 Å². The summed E-state index contributed by atoms with van der Waals surface area (Å²) < 4.78 is 4.49. The standard InChI is InChI=1S/C31H30N4/c1-31(2,3)22-14-16-23(17-15-22)35-27-11-7-5-9-24(27)25-19-21(13-18-28(25)35)20-32-30-33-26-10-6-8-12-29(26)34(30)4/h5-19H,20H2,1-4H3,(H,32,33). The monoisotopic (exact) mass is 458 g/mol. The molecule has 0 fully saturated rings. The van der Waals surface area contributed by atoms with Gasteiger partial charge in [0.15, 0.2) is 0 Å². The number of hydrogen-bond donors (Lipinski definition) is 1. The minimum absolute atomic E-state index is 0.139. The van der Waals surface area contributed by atoms with Gasteiger partial charge in [-0.05, 0) is 59.0 Å². The number of rotatable bonds is 4. The van der Waals surface area contributed by atoms with E-state index in [0.29, 0.717) is 6.54 Å². The van der Waals surface area contributed by atoms with Gasteiger partial charge in [-0.3, -0.25) is 0 Å². The predicted molar refractivity (Wildman–Crippen MR) is 148 cm³/mol. The third kappa shape index (κ3) is 3.66. The second kappa shape index (κ2) is 8.02. The maximum Gasteiger partial charge on any atom is 0.203 e. The second-order valence-corrected chi connectivity index (χ2v) is 10.3. The Balaban J connectivity index is 1.39. The molecule has 0 bridgehead atoms. The number of para-hydroxylation sites is 3. The molecule has 0 spiro atoms. The lowest BCUT2D eigenvalue weighted by Crippen LogP contribution is -2.10. The van der Waals surface area contributed by atoms with Gasteiger partial charge in [-0.15, -0.1) is 0 Å². The average Bonchev–Trinajstić information content (AvgIpc) is 3.37. The molecule has 0 atom stereocenters. The fourth-order valence-corrected chi connectivity index (χ4v) is 5.00. The van der Waals surface area contributed by atoms with E-state index >= 15 is 0 Å². The first kappa shape index (κ1) is 21.5. The minimum Gasteiger partial charge on any atom is -0.352 e. The number of hydrogen-bond acceptors (Lipinski definition) is 2. The van der Waals surface area contributed by atoms with Gasteiger partial charge in [0.2, 0.25) is 5.95 Å². The summed E-state index contributed by atoms with van der Waals surface area (Å²) >= 11 is 0. The Morgan fingerprint density at radius 3 is 2.17 bits per heavy atom. The number of aryl methyl sites for hydroxylation is 1. The van der Waals surface area contributed by atoms with Gasteiger partial charge in [-0.1, -0.05) is 69.3 Å². The zero-order valence-electron chi connectivity index (χ0n) is 20.7. The number of benzene rings is 4. The molecule has 2 aromatic heterocycles.